The number of halogens is 4. The maximum atomic E-state index is 8.88. The fourth-order valence-corrected chi connectivity index (χ4v) is 0. The van der Waals surface area contributed by atoms with Crippen molar-refractivity contribution >= 4 is 26.7 Å². The van der Waals surface area contributed by atoms with E-state index in [1.807, 2.05) is 0 Å². The molecule has 0 aliphatic carbocycles. The fraction of sp³-hybridized carbons (Fsp3) is 0. The van der Waals surface area contributed by atoms with Gasteiger partial charge >= 0.3 is 26.7 Å². The van der Waals surface area contributed by atoms with E-state index in [0.29, 0.717) is 0 Å². The Kier molecular flexibility index (Phi) is 76.6. The average molecular weight is 186 g/mol. The molecular formula is H8F4LiO4P. The van der Waals surface area contributed by atoms with Crippen molar-refractivity contribution in [3.8, 4) is 0 Å². The van der Waals surface area contributed by atoms with E-state index in [-0.39, 0.29) is 37.7 Å². The molecule has 0 aromatic carbocycles. The zero-order chi connectivity index (χ0) is 4.50. The van der Waals surface area contributed by atoms with Crippen LogP contribution >= 0.6 is 7.82 Å². The summed E-state index contributed by atoms with van der Waals surface area (Å²) in [6.07, 6.45) is 0. The molecule has 10 heavy (non-hydrogen) atoms. The van der Waals surface area contributed by atoms with Crippen LogP contribution in [0.15, 0.2) is 0 Å². The van der Waals surface area contributed by atoms with E-state index in [0.717, 1.165) is 0 Å². The molecule has 0 bridgehead atoms. The predicted octanol–water partition coefficient (Wildman–Crippen LogP) is -0.967. The molecule has 0 aliphatic heterocycles. The van der Waals surface area contributed by atoms with Crippen LogP contribution in [0.3, 0.4) is 0 Å². The number of phosphoric acid groups is 1. The van der Waals surface area contributed by atoms with Crippen LogP contribution in [0.1, 0.15) is 0 Å². The molecule has 3 N–H and O–H groups in total. The Morgan fingerprint density at radius 1 is 0.800 bits per heavy atom. The molecule has 0 spiro atoms. The van der Waals surface area contributed by atoms with Crippen molar-refractivity contribution in [3.05, 3.63) is 0 Å². The summed E-state index contributed by atoms with van der Waals surface area (Å²) in [7, 11) is -4.64. The van der Waals surface area contributed by atoms with Gasteiger partial charge < -0.3 is 14.7 Å². The molecule has 0 amide bonds. The van der Waals surface area contributed by atoms with Gasteiger partial charge in [0, 0.05) is 0 Å². The van der Waals surface area contributed by atoms with E-state index in [2.05, 4.69) is 0 Å². The van der Waals surface area contributed by atoms with Gasteiger partial charge in [0.2, 0.25) is 0 Å². The van der Waals surface area contributed by atoms with Crippen LogP contribution in [-0.4, -0.2) is 33.5 Å². The van der Waals surface area contributed by atoms with Crippen LogP contribution in [0, 0.1) is 0 Å². The Morgan fingerprint density at radius 3 is 0.800 bits per heavy atom. The first-order valence-electron chi connectivity index (χ1n) is 0.783. The van der Waals surface area contributed by atoms with Gasteiger partial charge in [0.05, 0.1) is 0 Å². The fourth-order valence-electron chi connectivity index (χ4n) is 0. The van der Waals surface area contributed by atoms with Crippen LogP contribution in [0.5, 0.6) is 0 Å². The van der Waals surface area contributed by atoms with E-state index >= 15 is 0 Å². The molecule has 0 rings (SSSR count). The van der Waals surface area contributed by atoms with Crippen LogP contribution in [0.2, 0.25) is 0 Å². The van der Waals surface area contributed by atoms with Gasteiger partial charge in [0.15, 0.2) is 0 Å². The van der Waals surface area contributed by atoms with Crippen LogP contribution in [0.4, 0.5) is 18.8 Å². The van der Waals surface area contributed by atoms with Crippen LogP contribution < -0.4 is 0 Å². The van der Waals surface area contributed by atoms with Crippen LogP contribution in [-0.2, 0) is 4.57 Å². The summed E-state index contributed by atoms with van der Waals surface area (Å²) in [6.45, 7) is 0. The molecule has 0 unspecified atom stereocenters. The van der Waals surface area contributed by atoms with Crippen molar-refractivity contribution in [1.82, 2.24) is 0 Å². The molecule has 0 atom stereocenters. The number of hydrogen-bond acceptors (Lipinski definition) is 1. The molecular weight excluding hydrogens is 178 g/mol. The van der Waals surface area contributed by atoms with Gasteiger partial charge in [-0.25, -0.2) is 4.57 Å². The van der Waals surface area contributed by atoms with Crippen LogP contribution in [0.25, 0.3) is 0 Å². The van der Waals surface area contributed by atoms with Gasteiger partial charge in [-0.2, -0.15) is 0 Å². The van der Waals surface area contributed by atoms with E-state index in [4.69, 9.17) is 19.2 Å². The van der Waals surface area contributed by atoms with Gasteiger partial charge in [0.25, 0.3) is 0 Å². The average Bonchev–Trinajstić information content (AvgIpc) is 0.722. The zero-order valence-corrected chi connectivity index (χ0v) is 4.72. The summed E-state index contributed by atoms with van der Waals surface area (Å²) in [5.41, 5.74) is 0. The minimum absolute atomic E-state index is 0. The molecule has 66 valence electrons. The molecule has 0 aromatic rings. The summed E-state index contributed by atoms with van der Waals surface area (Å²) in [4.78, 5) is 21.6. The number of hydrogen-bond donors (Lipinski definition) is 3. The van der Waals surface area contributed by atoms with Crippen molar-refractivity contribution in [3.63, 3.8) is 0 Å². The van der Waals surface area contributed by atoms with Crippen molar-refractivity contribution in [1.29, 1.82) is 0 Å². The van der Waals surface area contributed by atoms with Gasteiger partial charge in [0.1, 0.15) is 0 Å². The second-order valence-corrected chi connectivity index (χ2v) is 1.54. The summed E-state index contributed by atoms with van der Waals surface area (Å²) >= 11 is 0. The third-order valence-electron chi connectivity index (χ3n) is 0. The topological polar surface area (TPSA) is 77.8 Å². The first-order valence-corrected chi connectivity index (χ1v) is 2.35. The molecule has 0 aliphatic rings. The zero-order valence-electron chi connectivity index (χ0n) is 3.83. The summed E-state index contributed by atoms with van der Waals surface area (Å²) in [5, 5.41) is 0. The normalized spacial score (nSPS) is 5.90. The Labute approximate surface area is 65.5 Å². The van der Waals surface area contributed by atoms with E-state index in [1.54, 1.807) is 0 Å². The third kappa shape index (κ3) is 2550. The SMILES string of the molecule is F.F.F.F.O=P(O)(O)O.[LiH]. The second-order valence-electron chi connectivity index (χ2n) is 0.513. The van der Waals surface area contributed by atoms with E-state index in [1.165, 1.54) is 0 Å². The molecule has 0 heterocycles. The number of rotatable bonds is 0. The minimum atomic E-state index is -4.64. The van der Waals surface area contributed by atoms with Crippen molar-refractivity contribution in [2.24, 2.45) is 0 Å². The monoisotopic (exact) mass is 186 g/mol. The molecule has 4 nitrogen and oxygen atoms in total. The van der Waals surface area contributed by atoms with Gasteiger partial charge in [-0.3, -0.25) is 18.8 Å². The van der Waals surface area contributed by atoms with Crippen molar-refractivity contribution < 1.29 is 38.1 Å². The Bertz CT molecular complexity index is 63.4. The Hall–Kier alpha value is 0.427. The van der Waals surface area contributed by atoms with Gasteiger partial charge in [-0.15, -0.1) is 0 Å². The van der Waals surface area contributed by atoms with Gasteiger partial charge in [-0.05, 0) is 0 Å². The van der Waals surface area contributed by atoms with Crippen molar-refractivity contribution in [2.75, 3.05) is 0 Å². The predicted molar refractivity (Wildman–Crippen MR) is 31.4 cm³/mol. The van der Waals surface area contributed by atoms with E-state index in [9.17, 15) is 0 Å². The van der Waals surface area contributed by atoms with Crippen molar-refractivity contribution in [2.45, 2.75) is 0 Å². The summed E-state index contributed by atoms with van der Waals surface area (Å²) in [6, 6.07) is 0. The quantitative estimate of drug-likeness (QED) is 0.258. The van der Waals surface area contributed by atoms with E-state index < -0.39 is 7.82 Å². The molecule has 0 saturated heterocycles. The third-order valence-corrected chi connectivity index (χ3v) is 0. The molecule has 0 fully saturated rings. The maximum absolute atomic E-state index is 8.88. The Morgan fingerprint density at radius 2 is 0.800 bits per heavy atom. The molecule has 0 saturated carbocycles. The first kappa shape index (κ1) is 47.3. The molecule has 10 heteroatoms. The second kappa shape index (κ2) is 16.2. The molecule has 0 aromatic heterocycles. The summed E-state index contributed by atoms with van der Waals surface area (Å²) in [5.74, 6) is 0. The Balaban J connectivity index is -0.00000000800. The summed E-state index contributed by atoms with van der Waals surface area (Å²) < 4.78 is 8.88. The standard InChI is InChI=1S/4FH.Li.H3O4P.H/c;;;;;1-5(2,3)4;/h4*1H;;(H3,1,2,3,4);. The molecule has 0 radical (unpaired) electrons. The first-order chi connectivity index (χ1) is 2.00. The van der Waals surface area contributed by atoms with Gasteiger partial charge in [-0.1, -0.05) is 0 Å².